The van der Waals surface area contributed by atoms with Crippen molar-refractivity contribution in [3.63, 3.8) is 0 Å². The second kappa shape index (κ2) is 8.49. The second-order valence-electron chi connectivity index (χ2n) is 7.55. The SMILES string of the molecule is CCOC(=O)C(C)(C)CNC(=O)c1ncc2cc(-c3ccc(F)cc3)ccc2c1O. The van der Waals surface area contributed by atoms with Gasteiger partial charge in [0.2, 0.25) is 0 Å². The Kier molecular flexibility index (Phi) is 6.01. The number of benzene rings is 2. The topological polar surface area (TPSA) is 88.5 Å². The van der Waals surface area contributed by atoms with Crippen molar-refractivity contribution in [1.29, 1.82) is 0 Å². The van der Waals surface area contributed by atoms with E-state index in [0.717, 1.165) is 11.1 Å². The summed E-state index contributed by atoms with van der Waals surface area (Å²) in [6.07, 6.45) is 1.49. The minimum Gasteiger partial charge on any atom is -0.505 e. The molecule has 0 fully saturated rings. The molecule has 156 valence electrons. The Morgan fingerprint density at radius 3 is 2.47 bits per heavy atom. The van der Waals surface area contributed by atoms with Crippen molar-refractivity contribution in [2.24, 2.45) is 5.41 Å². The zero-order chi connectivity index (χ0) is 21.9. The summed E-state index contributed by atoms with van der Waals surface area (Å²) in [5.74, 6) is -1.58. The maximum absolute atomic E-state index is 13.1. The molecule has 0 aliphatic rings. The number of nitrogens with zero attached hydrogens (tertiary/aromatic N) is 1. The van der Waals surface area contributed by atoms with Gasteiger partial charge in [-0.05, 0) is 56.2 Å². The first-order valence-electron chi connectivity index (χ1n) is 9.56. The van der Waals surface area contributed by atoms with Gasteiger partial charge in [0.05, 0.1) is 12.0 Å². The third-order valence-electron chi connectivity index (χ3n) is 4.78. The van der Waals surface area contributed by atoms with Crippen LogP contribution in [0.3, 0.4) is 0 Å². The van der Waals surface area contributed by atoms with Crippen LogP contribution in [0.15, 0.2) is 48.7 Å². The number of fused-ring (bicyclic) bond motifs is 1. The number of halogens is 1. The summed E-state index contributed by atoms with van der Waals surface area (Å²) >= 11 is 0. The zero-order valence-corrected chi connectivity index (χ0v) is 17.0. The summed E-state index contributed by atoms with van der Waals surface area (Å²) < 4.78 is 18.1. The number of esters is 1. The number of pyridine rings is 1. The quantitative estimate of drug-likeness (QED) is 0.598. The number of amides is 1. The highest BCUT2D eigenvalue weighted by Crippen LogP contribution is 2.31. The lowest BCUT2D eigenvalue weighted by Gasteiger charge is -2.22. The number of ether oxygens (including phenoxy) is 1. The minimum atomic E-state index is -0.914. The Bertz CT molecular complexity index is 1090. The summed E-state index contributed by atoms with van der Waals surface area (Å²) in [5, 5.41) is 14.3. The molecule has 0 bridgehead atoms. The number of aromatic hydroxyl groups is 1. The molecule has 2 aromatic carbocycles. The highest BCUT2D eigenvalue weighted by molar-refractivity contribution is 6.02. The van der Waals surface area contributed by atoms with E-state index in [4.69, 9.17) is 4.74 Å². The summed E-state index contributed by atoms with van der Waals surface area (Å²) in [6.45, 7) is 5.33. The van der Waals surface area contributed by atoms with Crippen molar-refractivity contribution in [2.75, 3.05) is 13.2 Å². The smallest absolute Gasteiger partial charge is 0.313 e. The highest BCUT2D eigenvalue weighted by Gasteiger charge is 2.30. The van der Waals surface area contributed by atoms with Gasteiger partial charge in [0.25, 0.3) is 5.91 Å². The molecule has 7 heteroatoms. The van der Waals surface area contributed by atoms with E-state index in [0.29, 0.717) is 10.8 Å². The van der Waals surface area contributed by atoms with E-state index in [1.807, 2.05) is 0 Å². The molecule has 0 radical (unpaired) electrons. The Morgan fingerprint density at radius 2 is 1.80 bits per heavy atom. The second-order valence-corrected chi connectivity index (χ2v) is 7.55. The van der Waals surface area contributed by atoms with Crippen LogP contribution in [0.5, 0.6) is 5.75 Å². The van der Waals surface area contributed by atoms with E-state index in [-0.39, 0.29) is 30.4 Å². The molecule has 0 spiro atoms. The third-order valence-corrected chi connectivity index (χ3v) is 4.78. The number of carbonyl (C=O) groups excluding carboxylic acids is 2. The predicted octanol–water partition coefficient (Wildman–Crippen LogP) is 4.07. The normalized spacial score (nSPS) is 11.3. The van der Waals surface area contributed by atoms with Crippen LogP contribution in [0.1, 0.15) is 31.3 Å². The molecule has 1 amide bonds. The Labute approximate surface area is 173 Å². The van der Waals surface area contributed by atoms with Crippen molar-refractivity contribution < 1.29 is 23.8 Å². The number of hydrogen-bond acceptors (Lipinski definition) is 5. The number of carbonyl (C=O) groups is 2. The van der Waals surface area contributed by atoms with Crippen molar-refractivity contribution in [1.82, 2.24) is 10.3 Å². The molecule has 0 unspecified atom stereocenters. The molecule has 3 aromatic rings. The largest absolute Gasteiger partial charge is 0.505 e. The number of hydrogen-bond donors (Lipinski definition) is 2. The van der Waals surface area contributed by atoms with E-state index in [9.17, 15) is 19.1 Å². The van der Waals surface area contributed by atoms with Crippen molar-refractivity contribution in [3.8, 4) is 16.9 Å². The van der Waals surface area contributed by atoms with Gasteiger partial charge < -0.3 is 15.2 Å². The van der Waals surface area contributed by atoms with Gasteiger partial charge in [0.15, 0.2) is 11.4 Å². The Hall–Kier alpha value is -3.48. The molecule has 0 aliphatic carbocycles. The maximum atomic E-state index is 13.1. The van der Waals surface area contributed by atoms with Crippen LogP contribution >= 0.6 is 0 Å². The number of aromatic nitrogens is 1. The average molecular weight is 410 g/mol. The monoisotopic (exact) mass is 410 g/mol. The average Bonchev–Trinajstić information content (AvgIpc) is 2.73. The molecule has 0 aliphatic heterocycles. The van der Waals surface area contributed by atoms with Gasteiger partial charge in [0, 0.05) is 23.5 Å². The van der Waals surface area contributed by atoms with Crippen LogP contribution < -0.4 is 5.32 Å². The highest BCUT2D eigenvalue weighted by atomic mass is 19.1. The summed E-state index contributed by atoms with van der Waals surface area (Å²) in [5.41, 5.74) is 0.608. The van der Waals surface area contributed by atoms with Gasteiger partial charge in [-0.2, -0.15) is 0 Å². The van der Waals surface area contributed by atoms with E-state index in [1.54, 1.807) is 51.1 Å². The lowest BCUT2D eigenvalue weighted by atomic mass is 9.93. The molecule has 1 heterocycles. The molecular formula is C23H23FN2O4. The van der Waals surface area contributed by atoms with E-state index >= 15 is 0 Å². The standard InChI is InChI=1S/C23H23FN2O4/c1-4-30-22(29)23(2,3)13-26-21(28)19-20(27)18-10-7-15(11-16(18)12-25-19)14-5-8-17(24)9-6-14/h5-12,27H,4,13H2,1-3H3,(H,26,28). The van der Waals surface area contributed by atoms with Gasteiger partial charge >= 0.3 is 5.97 Å². The molecule has 3 rings (SSSR count). The zero-order valence-electron chi connectivity index (χ0n) is 17.0. The molecule has 1 aromatic heterocycles. The van der Waals surface area contributed by atoms with Gasteiger partial charge in [-0.3, -0.25) is 9.59 Å². The van der Waals surface area contributed by atoms with Gasteiger partial charge in [-0.25, -0.2) is 9.37 Å². The summed E-state index contributed by atoms with van der Waals surface area (Å²) in [4.78, 5) is 28.6. The van der Waals surface area contributed by atoms with Crippen molar-refractivity contribution in [3.05, 3.63) is 60.2 Å². The Balaban J connectivity index is 1.83. The van der Waals surface area contributed by atoms with Crippen LogP contribution in [0, 0.1) is 11.2 Å². The fraction of sp³-hybridized carbons (Fsp3) is 0.261. The van der Waals surface area contributed by atoms with Crippen LogP contribution in [-0.2, 0) is 9.53 Å². The lowest BCUT2D eigenvalue weighted by Crippen LogP contribution is -2.40. The van der Waals surface area contributed by atoms with Gasteiger partial charge in [0.1, 0.15) is 5.82 Å². The minimum absolute atomic E-state index is 0.0350. The molecule has 0 saturated carbocycles. The van der Waals surface area contributed by atoms with Crippen LogP contribution in [0.2, 0.25) is 0 Å². The van der Waals surface area contributed by atoms with Crippen molar-refractivity contribution in [2.45, 2.75) is 20.8 Å². The molecule has 0 saturated heterocycles. The maximum Gasteiger partial charge on any atom is 0.313 e. The number of rotatable bonds is 6. The van der Waals surface area contributed by atoms with Gasteiger partial charge in [-0.15, -0.1) is 0 Å². The fourth-order valence-electron chi connectivity index (χ4n) is 2.98. The van der Waals surface area contributed by atoms with E-state index in [2.05, 4.69) is 10.3 Å². The summed E-state index contributed by atoms with van der Waals surface area (Å²) in [7, 11) is 0. The first-order chi connectivity index (χ1) is 14.2. The van der Waals surface area contributed by atoms with Gasteiger partial charge in [-0.1, -0.05) is 18.2 Å². The molecular weight excluding hydrogens is 387 g/mol. The van der Waals surface area contributed by atoms with Crippen LogP contribution in [0.4, 0.5) is 4.39 Å². The predicted molar refractivity (Wildman–Crippen MR) is 112 cm³/mol. The lowest BCUT2D eigenvalue weighted by molar-refractivity contribution is -0.153. The van der Waals surface area contributed by atoms with Crippen molar-refractivity contribution >= 4 is 22.6 Å². The van der Waals surface area contributed by atoms with E-state index < -0.39 is 17.3 Å². The fourth-order valence-corrected chi connectivity index (χ4v) is 2.98. The van der Waals surface area contributed by atoms with Crippen LogP contribution in [-0.4, -0.2) is 35.1 Å². The first kappa shape index (κ1) is 21.2. The van der Waals surface area contributed by atoms with Crippen LogP contribution in [0.25, 0.3) is 21.9 Å². The molecule has 6 nitrogen and oxygen atoms in total. The third kappa shape index (κ3) is 4.40. The molecule has 30 heavy (non-hydrogen) atoms. The number of nitrogens with one attached hydrogen (secondary N) is 1. The molecule has 0 atom stereocenters. The van der Waals surface area contributed by atoms with E-state index in [1.165, 1.54) is 18.3 Å². The first-order valence-corrected chi connectivity index (χ1v) is 9.56. The summed E-state index contributed by atoms with van der Waals surface area (Å²) in [6, 6.07) is 11.3. The molecule has 2 N–H and O–H groups in total. The Morgan fingerprint density at radius 1 is 1.13 bits per heavy atom.